The van der Waals surface area contributed by atoms with Gasteiger partial charge in [0.05, 0.1) is 13.2 Å². The number of para-hydroxylation sites is 1. The zero-order valence-corrected chi connectivity index (χ0v) is 11.9. The van der Waals surface area contributed by atoms with E-state index in [1.807, 2.05) is 12.1 Å². The highest BCUT2D eigenvalue weighted by atomic mass is 16.5. The van der Waals surface area contributed by atoms with Crippen LogP contribution in [0.1, 0.15) is 24.9 Å². The predicted octanol–water partition coefficient (Wildman–Crippen LogP) is 4.05. The first-order valence-electron chi connectivity index (χ1n) is 7.02. The zero-order valence-electron chi connectivity index (χ0n) is 11.9. The van der Waals surface area contributed by atoms with Gasteiger partial charge in [-0.25, -0.2) is 0 Å². The van der Waals surface area contributed by atoms with Gasteiger partial charge in [-0.3, -0.25) is 0 Å². The van der Waals surface area contributed by atoms with E-state index in [0.717, 1.165) is 17.9 Å². The number of hydrogen-bond donors (Lipinski definition) is 2. The van der Waals surface area contributed by atoms with Crippen LogP contribution < -0.4 is 15.4 Å². The Bertz CT molecular complexity index is 580. The van der Waals surface area contributed by atoms with Gasteiger partial charge in [-0.2, -0.15) is 0 Å². The number of anilines is 2. The van der Waals surface area contributed by atoms with Crippen LogP contribution in [-0.2, 0) is 0 Å². The predicted molar refractivity (Wildman–Crippen MR) is 83.5 cm³/mol. The lowest BCUT2D eigenvalue weighted by molar-refractivity contribution is 0.415. The van der Waals surface area contributed by atoms with Crippen LogP contribution >= 0.6 is 0 Å². The maximum atomic E-state index is 5.19. The first kappa shape index (κ1) is 12.9. The minimum absolute atomic E-state index is 0.343. The Morgan fingerprint density at radius 2 is 1.85 bits per heavy atom. The van der Waals surface area contributed by atoms with Crippen molar-refractivity contribution in [3.8, 4) is 5.75 Å². The van der Waals surface area contributed by atoms with Crippen molar-refractivity contribution in [2.24, 2.45) is 0 Å². The lowest BCUT2D eigenvalue weighted by atomic mass is 9.93. The van der Waals surface area contributed by atoms with Crippen LogP contribution in [-0.4, -0.2) is 13.2 Å². The lowest BCUT2D eigenvalue weighted by Crippen LogP contribution is -2.28. The molecule has 0 saturated heterocycles. The molecule has 2 aromatic rings. The van der Waals surface area contributed by atoms with Crippen molar-refractivity contribution in [2.45, 2.75) is 25.4 Å². The van der Waals surface area contributed by atoms with Gasteiger partial charge in [-0.1, -0.05) is 18.2 Å². The summed E-state index contributed by atoms with van der Waals surface area (Å²) in [6.07, 6.45) is 1.07. The number of fused-ring (bicyclic) bond motifs is 1. The molecule has 0 amide bonds. The average Bonchev–Trinajstić information content (AvgIpc) is 2.48. The summed E-state index contributed by atoms with van der Waals surface area (Å²) in [4.78, 5) is 0. The van der Waals surface area contributed by atoms with Gasteiger partial charge in [0.25, 0.3) is 0 Å². The molecule has 0 aromatic heterocycles. The molecule has 2 N–H and O–H groups in total. The molecule has 1 aliphatic rings. The molecule has 0 fully saturated rings. The molecule has 1 heterocycles. The highest BCUT2D eigenvalue weighted by Crippen LogP contribution is 2.34. The van der Waals surface area contributed by atoms with E-state index < -0.39 is 0 Å². The Balaban J connectivity index is 1.83. The maximum Gasteiger partial charge on any atom is 0.119 e. The summed E-state index contributed by atoms with van der Waals surface area (Å²) in [6, 6.07) is 17.4. The van der Waals surface area contributed by atoms with E-state index in [4.69, 9.17) is 4.74 Å². The molecule has 0 aliphatic carbocycles. The third kappa shape index (κ3) is 2.57. The largest absolute Gasteiger partial charge is 0.497 e. The van der Waals surface area contributed by atoms with E-state index in [2.05, 4.69) is 54.0 Å². The maximum absolute atomic E-state index is 5.19. The molecule has 3 heteroatoms. The Kier molecular flexibility index (Phi) is 3.50. The first-order valence-corrected chi connectivity index (χ1v) is 7.02. The van der Waals surface area contributed by atoms with Gasteiger partial charge in [0, 0.05) is 17.4 Å². The van der Waals surface area contributed by atoms with E-state index in [-0.39, 0.29) is 0 Å². The highest BCUT2D eigenvalue weighted by molar-refractivity contribution is 5.58. The molecular weight excluding hydrogens is 248 g/mol. The van der Waals surface area contributed by atoms with E-state index in [9.17, 15) is 0 Å². The van der Waals surface area contributed by atoms with Gasteiger partial charge in [-0.05, 0) is 49.2 Å². The number of benzene rings is 2. The van der Waals surface area contributed by atoms with Crippen molar-refractivity contribution < 1.29 is 4.74 Å². The van der Waals surface area contributed by atoms with Crippen molar-refractivity contribution in [1.29, 1.82) is 0 Å². The smallest absolute Gasteiger partial charge is 0.119 e. The quantitative estimate of drug-likeness (QED) is 0.881. The van der Waals surface area contributed by atoms with Crippen molar-refractivity contribution in [2.75, 3.05) is 17.7 Å². The molecule has 3 nitrogen and oxygen atoms in total. The summed E-state index contributed by atoms with van der Waals surface area (Å²) in [5.74, 6) is 0.884. The number of nitrogens with one attached hydrogen (secondary N) is 2. The number of hydrogen-bond acceptors (Lipinski definition) is 3. The normalized spacial score (nSPS) is 20.7. The SMILES string of the molecule is COc1ccc(NC2CC(C)Nc3ccccc32)cc1. The van der Waals surface area contributed by atoms with E-state index in [1.165, 1.54) is 11.3 Å². The molecule has 0 saturated carbocycles. The Morgan fingerprint density at radius 1 is 1.10 bits per heavy atom. The van der Waals surface area contributed by atoms with Gasteiger partial charge < -0.3 is 15.4 Å². The fourth-order valence-corrected chi connectivity index (χ4v) is 2.76. The average molecular weight is 268 g/mol. The van der Waals surface area contributed by atoms with Crippen LogP contribution in [0.25, 0.3) is 0 Å². The lowest BCUT2D eigenvalue weighted by Gasteiger charge is -2.32. The van der Waals surface area contributed by atoms with Crippen LogP contribution in [0.5, 0.6) is 5.75 Å². The topological polar surface area (TPSA) is 33.3 Å². The fraction of sp³-hybridized carbons (Fsp3) is 0.294. The monoisotopic (exact) mass is 268 g/mol. The Hall–Kier alpha value is -2.16. The second-order valence-electron chi connectivity index (χ2n) is 5.29. The van der Waals surface area contributed by atoms with Crippen LogP contribution in [0, 0.1) is 0 Å². The summed E-state index contributed by atoms with van der Waals surface area (Å²) in [5, 5.41) is 7.16. The van der Waals surface area contributed by atoms with E-state index in [0.29, 0.717) is 12.1 Å². The van der Waals surface area contributed by atoms with Gasteiger partial charge in [-0.15, -0.1) is 0 Å². The summed E-state index contributed by atoms with van der Waals surface area (Å²) < 4.78 is 5.19. The second kappa shape index (κ2) is 5.45. The minimum atomic E-state index is 0.343. The molecule has 2 aromatic carbocycles. The van der Waals surface area contributed by atoms with Crippen molar-refractivity contribution >= 4 is 11.4 Å². The third-order valence-corrected chi connectivity index (χ3v) is 3.76. The van der Waals surface area contributed by atoms with Gasteiger partial charge in [0.1, 0.15) is 5.75 Å². The van der Waals surface area contributed by atoms with Gasteiger partial charge >= 0.3 is 0 Å². The van der Waals surface area contributed by atoms with Crippen LogP contribution in [0.2, 0.25) is 0 Å². The van der Waals surface area contributed by atoms with Crippen LogP contribution in [0.4, 0.5) is 11.4 Å². The first-order chi connectivity index (χ1) is 9.76. The van der Waals surface area contributed by atoms with Crippen molar-refractivity contribution in [3.63, 3.8) is 0 Å². The Morgan fingerprint density at radius 3 is 2.60 bits per heavy atom. The van der Waals surface area contributed by atoms with Gasteiger partial charge in [0.15, 0.2) is 0 Å². The van der Waals surface area contributed by atoms with Crippen LogP contribution in [0.15, 0.2) is 48.5 Å². The molecule has 3 rings (SSSR count). The van der Waals surface area contributed by atoms with Crippen molar-refractivity contribution in [3.05, 3.63) is 54.1 Å². The Labute approximate surface area is 120 Å². The zero-order chi connectivity index (χ0) is 13.9. The summed E-state index contributed by atoms with van der Waals surface area (Å²) in [7, 11) is 1.69. The third-order valence-electron chi connectivity index (χ3n) is 3.76. The number of methoxy groups -OCH3 is 1. The molecule has 0 bridgehead atoms. The summed E-state index contributed by atoms with van der Waals surface area (Å²) >= 11 is 0. The molecule has 2 atom stereocenters. The number of rotatable bonds is 3. The molecule has 1 aliphatic heterocycles. The van der Waals surface area contributed by atoms with Crippen molar-refractivity contribution in [1.82, 2.24) is 0 Å². The van der Waals surface area contributed by atoms with Crippen LogP contribution in [0.3, 0.4) is 0 Å². The molecule has 104 valence electrons. The highest BCUT2D eigenvalue weighted by Gasteiger charge is 2.23. The number of ether oxygens (including phenoxy) is 1. The molecule has 20 heavy (non-hydrogen) atoms. The molecule has 2 unspecified atom stereocenters. The summed E-state index contributed by atoms with van der Waals surface area (Å²) in [6.45, 7) is 2.22. The molecular formula is C17H20N2O. The molecule has 0 radical (unpaired) electrons. The minimum Gasteiger partial charge on any atom is -0.497 e. The summed E-state index contributed by atoms with van der Waals surface area (Å²) in [5.41, 5.74) is 3.69. The molecule has 0 spiro atoms. The van der Waals surface area contributed by atoms with E-state index >= 15 is 0 Å². The standard InChI is InChI=1S/C17H20N2O/c1-12-11-17(15-5-3-4-6-16(15)18-12)19-13-7-9-14(20-2)10-8-13/h3-10,12,17-19H,11H2,1-2H3. The fourth-order valence-electron chi connectivity index (χ4n) is 2.76. The van der Waals surface area contributed by atoms with Gasteiger partial charge in [0.2, 0.25) is 0 Å². The van der Waals surface area contributed by atoms with E-state index in [1.54, 1.807) is 7.11 Å². The second-order valence-corrected chi connectivity index (χ2v) is 5.29.